The van der Waals surface area contributed by atoms with E-state index in [0.717, 1.165) is 18.4 Å². The predicted molar refractivity (Wildman–Crippen MR) is 119 cm³/mol. The van der Waals surface area contributed by atoms with E-state index in [-0.39, 0.29) is 17.9 Å². The Balaban J connectivity index is 1.32. The average molecular weight is 449 g/mol. The van der Waals surface area contributed by atoms with Gasteiger partial charge in [-0.3, -0.25) is 9.59 Å². The van der Waals surface area contributed by atoms with Crippen molar-refractivity contribution in [2.45, 2.75) is 38.1 Å². The first kappa shape index (κ1) is 22.4. The van der Waals surface area contributed by atoms with Gasteiger partial charge in [0.2, 0.25) is 11.8 Å². The number of ether oxygens (including phenoxy) is 1. The summed E-state index contributed by atoms with van der Waals surface area (Å²) < 4.78 is 5.63. The summed E-state index contributed by atoms with van der Waals surface area (Å²) in [5, 5.41) is 4.31. The molecule has 5 nitrogen and oxygen atoms in total. The first-order valence-electron chi connectivity index (χ1n) is 10.2. The number of nitrogens with one attached hydrogen (secondary N) is 1. The van der Waals surface area contributed by atoms with Crippen LogP contribution in [0.25, 0.3) is 0 Å². The molecule has 7 heteroatoms. The van der Waals surface area contributed by atoms with Crippen LogP contribution in [0.3, 0.4) is 0 Å². The fourth-order valence-corrected chi connectivity index (χ4v) is 3.78. The van der Waals surface area contributed by atoms with Crippen LogP contribution in [0.5, 0.6) is 5.75 Å². The van der Waals surface area contributed by atoms with Crippen LogP contribution in [-0.2, 0) is 16.0 Å². The lowest BCUT2D eigenvalue weighted by atomic mass is 10.0. The summed E-state index contributed by atoms with van der Waals surface area (Å²) in [6.07, 6.45) is 2.96. The van der Waals surface area contributed by atoms with E-state index in [9.17, 15) is 9.59 Å². The van der Waals surface area contributed by atoms with Gasteiger partial charge in [-0.25, -0.2) is 0 Å². The summed E-state index contributed by atoms with van der Waals surface area (Å²) in [4.78, 5) is 26.5. The summed E-state index contributed by atoms with van der Waals surface area (Å²) in [7, 11) is 0. The fraction of sp³-hybridized carbons (Fsp3) is 0.391. The molecule has 1 N–H and O–H groups in total. The SMILES string of the molecule is O=C(Cc1ccc(Cl)cc1)NC1CCN(C(=O)CCCOc2ccccc2Cl)CC1. The Morgan fingerprint density at radius 1 is 1.03 bits per heavy atom. The molecule has 2 aromatic rings. The number of nitrogens with zero attached hydrogens (tertiary/aromatic N) is 1. The lowest BCUT2D eigenvalue weighted by molar-refractivity contribution is -0.132. The molecule has 0 spiro atoms. The highest BCUT2D eigenvalue weighted by atomic mass is 35.5. The lowest BCUT2D eigenvalue weighted by Crippen LogP contribution is -2.46. The molecule has 0 unspecified atom stereocenters. The second-order valence-electron chi connectivity index (χ2n) is 7.41. The molecule has 1 saturated heterocycles. The molecule has 0 aliphatic carbocycles. The van der Waals surface area contributed by atoms with Gasteiger partial charge in [-0.05, 0) is 49.1 Å². The maximum absolute atomic E-state index is 12.4. The second-order valence-corrected chi connectivity index (χ2v) is 8.25. The highest BCUT2D eigenvalue weighted by Crippen LogP contribution is 2.23. The number of rotatable bonds is 8. The summed E-state index contributed by atoms with van der Waals surface area (Å²) in [6.45, 7) is 1.78. The number of hydrogen-bond acceptors (Lipinski definition) is 3. The number of piperidine rings is 1. The summed E-state index contributed by atoms with van der Waals surface area (Å²) >= 11 is 11.9. The van der Waals surface area contributed by atoms with Crippen LogP contribution in [0.15, 0.2) is 48.5 Å². The Morgan fingerprint density at radius 2 is 1.73 bits per heavy atom. The van der Waals surface area contributed by atoms with Gasteiger partial charge in [0.1, 0.15) is 5.75 Å². The average Bonchev–Trinajstić information content (AvgIpc) is 2.74. The highest BCUT2D eigenvalue weighted by Gasteiger charge is 2.23. The summed E-state index contributed by atoms with van der Waals surface area (Å²) in [6, 6.07) is 14.7. The minimum Gasteiger partial charge on any atom is -0.492 e. The fourth-order valence-electron chi connectivity index (χ4n) is 3.47. The zero-order chi connectivity index (χ0) is 21.3. The number of likely N-dealkylation sites (tertiary alicyclic amines) is 1. The van der Waals surface area contributed by atoms with Crippen molar-refractivity contribution in [1.82, 2.24) is 10.2 Å². The molecule has 1 fully saturated rings. The minimum absolute atomic E-state index is 0.00109. The number of halogens is 2. The summed E-state index contributed by atoms with van der Waals surface area (Å²) in [5.41, 5.74) is 0.934. The third kappa shape index (κ3) is 6.92. The van der Waals surface area contributed by atoms with Crippen molar-refractivity contribution in [2.75, 3.05) is 19.7 Å². The smallest absolute Gasteiger partial charge is 0.224 e. The lowest BCUT2D eigenvalue weighted by Gasteiger charge is -2.32. The molecular weight excluding hydrogens is 423 g/mol. The Hall–Kier alpha value is -2.24. The number of benzene rings is 2. The summed E-state index contributed by atoms with van der Waals surface area (Å²) in [5.74, 6) is 0.768. The second kappa shape index (κ2) is 11.2. The predicted octanol–water partition coefficient (Wildman–Crippen LogP) is 4.50. The monoisotopic (exact) mass is 448 g/mol. The minimum atomic E-state index is -0.00109. The number of para-hydroxylation sites is 1. The maximum atomic E-state index is 12.4. The third-order valence-corrected chi connectivity index (χ3v) is 5.68. The van der Waals surface area contributed by atoms with Crippen molar-refractivity contribution in [2.24, 2.45) is 0 Å². The highest BCUT2D eigenvalue weighted by molar-refractivity contribution is 6.32. The van der Waals surface area contributed by atoms with Crippen LogP contribution in [0.2, 0.25) is 10.0 Å². The van der Waals surface area contributed by atoms with Crippen molar-refractivity contribution in [3.63, 3.8) is 0 Å². The Morgan fingerprint density at radius 3 is 2.43 bits per heavy atom. The van der Waals surface area contributed by atoms with Crippen LogP contribution in [0, 0.1) is 0 Å². The Labute approximate surface area is 187 Å². The molecular formula is C23H26Cl2N2O3. The molecule has 1 heterocycles. The molecule has 0 saturated carbocycles. The molecule has 0 bridgehead atoms. The van der Waals surface area contributed by atoms with E-state index in [2.05, 4.69) is 5.32 Å². The number of amides is 2. The van der Waals surface area contributed by atoms with Crippen LogP contribution < -0.4 is 10.1 Å². The van der Waals surface area contributed by atoms with Gasteiger partial charge < -0.3 is 15.0 Å². The van der Waals surface area contributed by atoms with E-state index in [4.69, 9.17) is 27.9 Å². The van der Waals surface area contributed by atoms with Crippen LogP contribution in [0.1, 0.15) is 31.2 Å². The molecule has 160 valence electrons. The third-order valence-electron chi connectivity index (χ3n) is 5.12. The molecule has 30 heavy (non-hydrogen) atoms. The van der Waals surface area contributed by atoms with Gasteiger partial charge in [0.25, 0.3) is 0 Å². The van der Waals surface area contributed by atoms with Crippen LogP contribution in [-0.4, -0.2) is 42.5 Å². The van der Waals surface area contributed by atoms with Gasteiger partial charge >= 0.3 is 0 Å². The van der Waals surface area contributed by atoms with Crippen molar-refractivity contribution in [3.05, 3.63) is 64.1 Å². The van der Waals surface area contributed by atoms with Gasteiger partial charge in [-0.2, -0.15) is 0 Å². The van der Waals surface area contributed by atoms with E-state index < -0.39 is 0 Å². The van der Waals surface area contributed by atoms with Gasteiger partial charge in [0.15, 0.2) is 0 Å². The molecule has 0 atom stereocenters. The van der Waals surface area contributed by atoms with Crippen molar-refractivity contribution >= 4 is 35.0 Å². The molecule has 1 aliphatic rings. The Kier molecular flexibility index (Phi) is 8.40. The van der Waals surface area contributed by atoms with Crippen LogP contribution in [0.4, 0.5) is 0 Å². The van der Waals surface area contributed by atoms with Crippen molar-refractivity contribution in [1.29, 1.82) is 0 Å². The van der Waals surface area contributed by atoms with E-state index in [1.165, 1.54) is 0 Å². The van der Waals surface area contributed by atoms with Crippen molar-refractivity contribution in [3.8, 4) is 5.75 Å². The van der Waals surface area contributed by atoms with E-state index >= 15 is 0 Å². The van der Waals surface area contributed by atoms with E-state index in [0.29, 0.717) is 54.8 Å². The van der Waals surface area contributed by atoms with Crippen LogP contribution >= 0.6 is 23.2 Å². The molecule has 3 rings (SSSR count). The molecule has 0 aromatic heterocycles. The first-order valence-corrected chi connectivity index (χ1v) is 11.0. The molecule has 0 radical (unpaired) electrons. The number of carbonyl (C=O) groups excluding carboxylic acids is 2. The largest absolute Gasteiger partial charge is 0.492 e. The van der Waals surface area contributed by atoms with E-state index in [1.807, 2.05) is 35.2 Å². The van der Waals surface area contributed by atoms with Gasteiger partial charge in [-0.1, -0.05) is 47.5 Å². The molecule has 2 aromatic carbocycles. The van der Waals surface area contributed by atoms with Gasteiger partial charge in [0.05, 0.1) is 18.1 Å². The topological polar surface area (TPSA) is 58.6 Å². The molecule has 2 amide bonds. The van der Waals surface area contributed by atoms with Crippen molar-refractivity contribution < 1.29 is 14.3 Å². The first-order chi connectivity index (χ1) is 14.5. The standard InChI is InChI=1S/C23H26Cl2N2O3/c24-18-9-7-17(8-10-18)16-22(28)26-19-11-13-27(14-12-19)23(29)6-3-15-30-21-5-2-1-4-20(21)25/h1-2,4-5,7-10,19H,3,6,11-16H2,(H,26,28). The zero-order valence-corrected chi connectivity index (χ0v) is 18.3. The number of hydrogen-bond donors (Lipinski definition) is 1. The normalized spacial score (nSPS) is 14.4. The van der Waals surface area contributed by atoms with E-state index in [1.54, 1.807) is 18.2 Å². The number of carbonyl (C=O) groups is 2. The Bertz CT molecular complexity index is 850. The maximum Gasteiger partial charge on any atom is 0.224 e. The zero-order valence-electron chi connectivity index (χ0n) is 16.8. The van der Waals surface area contributed by atoms with Gasteiger partial charge in [-0.15, -0.1) is 0 Å². The van der Waals surface area contributed by atoms with Gasteiger partial charge in [0, 0.05) is 30.6 Å². The molecule has 1 aliphatic heterocycles. The quantitative estimate of drug-likeness (QED) is 0.604.